The predicted octanol–water partition coefficient (Wildman–Crippen LogP) is 3.88. The second kappa shape index (κ2) is 7.92. The van der Waals surface area contributed by atoms with Gasteiger partial charge in [-0.1, -0.05) is 22.0 Å². The number of halogens is 4. The summed E-state index contributed by atoms with van der Waals surface area (Å²) in [5.74, 6) is -0.872. The zero-order valence-electron chi connectivity index (χ0n) is 11.0. The van der Waals surface area contributed by atoms with Crippen molar-refractivity contribution in [2.24, 2.45) is 0 Å². The summed E-state index contributed by atoms with van der Waals surface area (Å²) in [6.07, 6.45) is -2.14. The highest BCUT2D eigenvalue weighted by molar-refractivity contribution is 9.10. The first-order valence-electron chi connectivity index (χ1n) is 5.94. The average Bonchev–Trinajstić information content (AvgIpc) is 2.35. The van der Waals surface area contributed by atoms with Gasteiger partial charge in [0.2, 0.25) is 0 Å². The fourth-order valence-corrected chi connectivity index (χ4v) is 1.71. The maximum atomic E-state index is 12.3. The van der Waals surface area contributed by atoms with Crippen molar-refractivity contribution in [3.63, 3.8) is 0 Å². The number of anilines is 1. The monoisotopic (exact) mass is 367 g/mol. The van der Waals surface area contributed by atoms with E-state index < -0.39 is 12.3 Å². The van der Waals surface area contributed by atoms with Gasteiger partial charge in [-0.2, -0.15) is 0 Å². The molecule has 0 unspecified atom stereocenters. The van der Waals surface area contributed by atoms with Crippen LogP contribution in [0.25, 0.3) is 0 Å². The lowest BCUT2D eigenvalue weighted by molar-refractivity contribution is -0.274. The number of carbonyl (C=O) groups excluding carboxylic acids is 1. The first-order chi connectivity index (χ1) is 9.81. The van der Waals surface area contributed by atoms with E-state index >= 15 is 0 Å². The molecular weight excluding hydrogens is 355 g/mol. The van der Waals surface area contributed by atoms with Gasteiger partial charge < -0.3 is 14.8 Å². The standard InChI is InChI=1S/C13H13BrF3NO3/c1-2-20-12(19)4-3-7-18-10-6-5-9(14)8-11(10)21-13(15,16)17/h3-6,8,18H,2,7H2,1H3/b4-3+. The van der Waals surface area contributed by atoms with E-state index in [1.165, 1.54) is 24.3 Å². The van der Waals surface area contributed by atoms with E-state index in [0.717, 1.165) is 0 Å². The van der Waals surface area contributed by atoms with Crippen molar-refractivity contribution in [2.45, 2.75) is 13.3 Å². The molecule has 0 aliphatic heterocycles. The fraction of sp³-hybridized carbons (Fsp3) is 0.308. The van der Waals surface area contributed by atoms with Crippen molar-refractivity contribution in [3.05, 3.63) is 34.8 Å². The Labute approximate surface area is 128 Å². The lowest BCUT2D eigenvalue weighted by atomic mass is 10.3. The number of ether oxygens (including phenoxy) is 2. The van der Waals surface area contributed by atoms with Crippen LogP contribution in [0.15, 0.2) is 34.8 Å². The Morgan fingerprint density at radius 3 is 2.76 bits per heavy atom. The molecule has 0 aliphatic carbocycles. The van der Waals surface area contributed by atoms with Crippen molar-refractivity contribution >= 4 is 27.6 Å². The third-order valence-electron chi connectivity index (χ3n) is 2.12. The second-order valence-corrected chi connectivity index (χ2v) is 4.64. The molecule has 0 aliphatic rings. The first kappa shape index (κ1) is 17.4. The Morgan fingerprint density at radius 2 is 2.14 bits per heavy atom. The van der Waals surface area contributed by atoms with Gasteiger partial charge in [-0.25, -0.2) is 4.79 Å². The van der Waals surface area contributed by atoms with Crippen LogP contribution >= 0.6 is 15.9 Å². The Balaban J connectivity index is 2.68. The van der Waals surface area contributed by atoms with Gasteiger partial charge >= 0.3 is 12.3 Å². The molecule has 0 saturated carbocycles. The first-order valence-corrected chi connectivity index (χ1v) is 6.73. The molecule has 0 aromatic heterocycles. The Morgan fingerprint density at radius 1 is 1.43 bits per heavy atom. The topological polar surface area (TPSA) is 47.6 Å². The fourth-order valence-electron chi connectivity index (χ4n) is 1.37. The third kappa shape index (κ3) is 7.03. The Hall–Kier alpha value is -1.70. The summed E-state index contributed by atoms with van der Waals surface area (Å²) in [5, 5.41) is 2.72. The molecular formula is C13H13BrF3NO3. The van der Waals surface area contributed by atoms with Gasteiger partial charge in [0.25, 0.3) is 0 Å². The van der Waals surface area contributed by atoms with Gasteiger partial charge in [-0.3, -0.25) is 0 Å². The number of rotatable bonds is 6. The maximum absolute atomic E-state index is 12.3. The summed E-state index contributed by atoms with van der Waals surface area (Å²) in [6, 6.07) is 4.20. The summed E-state index contributed by atoms with van der Waals surface area (Å²) in [6.45, 7) is 2.08. The van der Waals surface area contributed by atoms with Crippen molar-refractivity contribution < 1.29 is 27.4 Å². The maximum Gasteiger partial charge on any atom is 0.573 e. The molecule has 4 nitrogen and oxygen atoms in total. The smallest absolute Gasteiger partial charge is 0.463 e. The molecule has 0 spiro atoms. The summed E-state index contributed by atoms with van der Waals surface area (Å²) in [5.41, 5.74) is 0.157. The molecule has 0 amide bonds. The predicted molar refractivity (Wildman–Crippen MR) is 75.1 cm³/mol. The van der Waals surface area contributed by atoms with E-state index in [1.54, 1.807) is 13.0 Å². The largest absolute Gasteiger partial charge is 0.573 e. The molecule has 116 valence electrons. The molecule has 1 rings (SSSR count). The molecule has 8 heteroatoms. The lowest BCUT2D eigenvalue weighted by Gasteiger charge is -2.14. The van der Waals surface area contributed by atoms with Gasteiger partial charge in [-0.15, -0.1) is 13.2 Å². The van der Waals surface area contributed by atoms with E-state index in [9.17, 15) is 18.0 Å². The quantitative estimate of drug-likeness (QED) is 0.612. The molecule has 0 atom stereocenters. The van der Waals surface area contributed by atoms with E-state index in [-0.39, 0.29) is 24.6 Å². The molecule has 0 fully saturated rings. The number of nitrogens with one attached hydrogen (secondary N) is 1. The van der Waals surface area contributed by atoms with Gasteiger partial charge in [-0.05, 0) is 25.1 Å². The van der Waals surface area contributed by atoms with Crippen LogP contribution in [-0.2, 0) is 9.53 Å². The minimum absolute atomic E-state index is 0.147. The minimum Gasteiger partial charge on any atom is -0.463 e. The van der Waals surface area contributed by atoms with Crippen LogP contribution in [-0.4, -0.2) is 25.5 Å². The van der Waals surface area contributed by atoms with Crippen molar-refractivity contribution in [2.75, 3.05) is 18.5 Å². The molecule has 0 bridgehead atoms. The molecule has 21 heavy (non-hydrogen) atoms. The molecule has 1 aromatic carbocycles. The normalized spacial score (nSPS) is 11.5. The van der Waals surface area contributed by atoms with Crippen LogP contribution < -0.4 is 10.1 Å². The number of benzene rings is 1. The van der Waals surface area contributed by atoms with Crippen LogP contribution in [0.5, 0.6) is 5.75 Å². The molecule has 1 aromatic rings. The van der Waals surface area contributed by atoms with E-state index in [1.807, 2.05) is 0 Å². The van der Waals surface area contributed by atoms with E-state index in [4.69, 9.17) is 0 Å². The highest BCUT2D eigenvalue weighted by Crippen LogP contribution is 2.32. The average molecular weight is 368 g/mol. The summed E-state index contributed by atoms with van der Waals surface area (Å²) < 4.78 is 45.9. The second-order valence-electron chi connectivity index (χ2n) is 3.72. The van der Waals surface area contributed by atoms with Crippen LogP contribution in [0, 0.1) is 0 Å². The third-order valence-corrected chi connectivity index (χ3v) is 2.61. The van der Waals surface area contributed by atoms with Crippen LogP contribution in [0.1, 0.15) is 6.92 Å². The molecule has 0 saturated heterocycles. The molecule has 0 heterocycles. The summed E-state index contributed by atoms with van der Waals surface area (Å²) in [7, 11) is 0. The van der Waals surface area contributed by atoms with Gasteiger partial charge in [0.1, 0.15) is 0 Å². The minimum atomic E-state index is -4.78. The van der Waals surface area contributed by atoms with Crippen molar-refractivity contribution in [1.29, 1.82) is 0 Å². The Bertz CT molecular complexity index is 518. The number of esters is 1. The van der Waals surface area contributed by atoms with Gasteiger partial charge in [0, 0.05) is 17.1 Å². The number of hydrogen-bond donors (Lipinski definition) is 1. The zero-order valence-corrected chi connectivity index (χ0v) is 12.6. The van der Waals surface area contributed by atoms with Gasteiger partial charge in [0.15, 0.2) is 5.75 Å². The summed E-state index contributed by atoms with van der Waals surface area (Å²) >= 11 is 3.07. The van der Waals surface area contributed by atoms with E-state index in [0.29, 0.717) is 4.47 Å². The highest BCUT2D eigenvalue weighted by atomic mass is 79.9. The molecule has 1 N–H and O–H groups in total. The van der Waals surface area contributed by atoms with Crippen LogP contribution in [0.2, 0.25) is 0 Å². The summed E-state index contributed by atoms with van der Waals surface area (Å²) in [4.78, 5) is 11.0. The SMILES string of the molecule is CCOC(=O)/C=C/CNc1ccc(Br)cc1OC(F)(F)F. The lowest BCUT2D eigenvalue weighted by Crippen LogP contribution is -2.18. The number of hydrogen-bond acceptors (Lipinski definition) is 4. The molecule has 0 radical (unpaired) electrons. The number of carbonyl (C=O) groups is 1. The Kier molecular flexibility index (Phi) is 6.54. The van der Waals surface area contributed by atoms with E-state index in [2.05, 4.69) is 30.7 Å². The zero-order chi connectivity index (χ0) is 15.9. The highest BCUT2D eigenvalue weighted by Gasteiger charge is 2.32. The van der Waals surface area contributed by atoms with Gasteiger partial charge in [0.05, 0.1) is 12.3 Å². The van der Waals surface area contributed by atoms with Crippen LogP contribution in [0.3, 0.4) is 0 Å². The van der Waals surface area contributed by atoms with Crippen molar-refractivity contribution in [1.82, 2.24) is 0 Å². The van der Waals surface area contributed by atoms with Crippen molar-refractivity contribution in [3.8, 4) is 5.75 Å². The van der Waals surface area contributed by atoms with Crippen LogP contribution in [0.4, 0.5) is 18.9 Å². The number of alkyl halides is 3.